The number of anilines is 1. The van der Waals surface area contributed by atoms with Crippen molar-refractivity contribution in [3.05, 3.63) is 120 Å². The summed E-state index contributed by atoms with van der Waals surface area (Å²) in [6.45, 7) is 1.26. The number of amides is 2. The Morgan fingerprint density at radius 2 is 1.40 bits per heavy atom. The molecule has 2 amide bonds. The van der Waals surface area contributed by atoms with E-state index in [1.165, 1.54) is 24.1 Å². The van der Waals surface area contributed by atoms with Crippen LogP contribution in [0.5, 0.6) is 11.5 Å². The first-order valence-corrected chi connectivity index (χ1v) is 15.2. The van der Waals surface area contributed by atoms with Gasteiger partial charge in [-0.2, -0.15) is 0 Å². The highest BCUT2D eigenvalue weighted by Crippen LogP contribution is 2.29. The van der Waals surface area contributed by atoms with Crippen LogP contribution in [0, 0.1) is 0 Å². The Balaban J connectivity index is 1.72. The number of likely N-dealkylation sites (N-methyl/N-ethyl adjacent to an activating group) is 1. The van der Waals surface area contributed by atoms with Crippen LogP contribution in [-0.4, -0.2) is 44.8 Å². The summed E-state index contributed by atoms with van der Waals surface area (Å²) >= 11 is 6.40. The van der Waals surface area contributed by atoms with Crippen LogP contribution in [0.1, 0.15) is 18.9 Å². The Hall–Kier alpha value is -4.34. The molecule has 0 aromatic heterocycles. The molecule has 4 aromatic rings. The SMILES string of the molecule is CCC(C(=O)NC)N(Cc1ccccc1Cl)C(=O)CN(c1ccc(Oc2ccccc2)cc1)S(=O)(=O)c1ccccc1. The van der Waals surface area contributed by atoms with Gasteiger partial charge in [0, 0.05) is 18.6 Å². The van der Waals surface area contributed by atoms with Gasteiger partial charge in [0.2, 0.25) is 11.8 Å². The number of ether oxygens (including phenoxy) is 1. The van der Waals surface area contributed by atoms with Crippen molar-refractivity contribution in [2.45, 2.75) is 30.8 Å². The quantitative estimate of drug-likeness (QED) is 0.218. The van der Waals surface area contributed by atoms with Crippen LogP contribution < -0.4 is 14.4 Å². The van der Waals surface area contributed by atoms with Crippen molar-refractivity contribution in [1.29, 1.82) is 0 Å². The van der Waals surface area contributed by atoms with Crippen LogP contribution in [0.15, 0.2) is 114 Å². The molecule has 0 aliphatic rings. The number of nitrogens with zero attached hydrogens (tertiary/aromatic N) is 2. The van der Waals surface area contributed by atoms with Gasteiger partial charge in [0.15, 0.2) is 0 Å². The van der Waals surface area contributed by atoms with Crippen LogP contribution in [0.25, 0.3) is 0 Å². The molecule has 1 unspecified atom stereocenters. The average Bonchev–Trinajstić information content (AvgIpc) is 3.01. The minimum Gasteiger partial charge on any atom is -0.457 e. The molecule has 10 heteroatoms. The summed E-state index contributed by atoms with van der Waals surface area (Å²) in [5, 5.41) is 3.04. The topological polar surface area (TPSA) is 96.0 Å². The number of hydrogen-bond donors (Lipinski definition) is 1. The summed E-state index contributed by atoms with van der Waals surface area (Å²) < 4.78 is 34.8. The van der Waals surface area contributed by atoms with Gasteiger partial charge < -0.3 is 15.0 Å². The van der Waals surface area contributed by atoms with E-state index in [2.05, 4.69) is 5.32 Å². The number of carbonyl (C=O) groups is 2. The van der Waals surface area contributed by atoms with E-state index in [9.17, 15) is 18.0 Å². The number of carbonyl (C=O) groups excluding carboxylic acids is 2. The minimum atomic E-state index is -4.18. The van der Waals surface area contributed by atoms with Crippen molar-refractivity contribution < 1.29 is 22.7 Å². The molecular formula is C32H32ClN3O5S. The molecule has 0 heterocycles. The lowest BCUT2D eigenvalue weighted by atomic mass is 10.1. The second-order valence-corrected chi connectivity index (χ2v) is 11.7. The van der Waals surface area contributed by atoms with Gasteiger partial charge in [-0.25, -0.2) is 8.42 Å². The van der Waals surface area contributed by atoms with Crippen molar-refractivity contribution in [3.63, 3.8) is 0 Å². The Morgan fingerprint density at radius 3 is 2.00 bits per heavy atom. The molecule has 0 spiro atoms. The first-order chi connectivity index (χ1) is 20.2. The second kappa shape index (κ2) is 14.0. The molecule has 8 nitrogen and oxygen atoms in total. The highest BCUT2D eigenvalue weighted by Gasteiger charge is 2.33. The number of rotatable bonds is 12. The fourth-order valence-corrected chi connectivity index (χ4v) is 6.08. The highest BCUT2D eigenvalue weighted by atomic mass is 35.5. The standard InChI is InChI=1S/C32H32ClN3O5S/c1-3-30(32(38)34-2)35(22-24-12-10-11-17-29(24)33)31(37)23-36(42(39,40)28-15-8-5-9-16-28)25-18-20-27(21-19-25)41-26-13-6-4-7-14-26/h4-21,30H,3,22-23H2,1-2H3,(H,34,38). The zero-order valence-corrected chi connectivity index (χ0v) is 24.9. The van der Waals surface area contributed by atoms with E-state index < -0.39 is 28.5 Å². The summed E-state index contributed by atoms with van der Waals surface area (Å²) in [4.78, 5) is 28.3. The second-order valence-electron chi connectivity index (χ2n) is 9.39. The third kappa shape index (κ3) is 7.29. The van der Waals surface area contributed by atoms with Gasteiger partial charge in [-0.3, -0.25) is 13.9 Å². The zero-order chi connectivity index (χ0) is 30.1. The van der Waals surface area contributed by atoms with Gasteiger partial charge in [0.1, 0.15) is 24.1 Å². The lowest BCUT2D eigenvalue weighted by Gasteiger charge is -2.33. The van der Waals surface area contributed by atoms with Crippen molar-refractivity contribution in [2.75, 3.05) is 17.9 Å². The van der Waals surface area contributed by atoms with Gasteiger partial charge >= 0.3 is 0 Å². The van der Waals surface area contributed by atoms with Crippen LogP contribution in [-0.2, 0) is 26.2 Å². The number of nitrogens with one attached hydrogen (secondary N) is 1. The first-order valence-electron chi connectivity index (χ1n) is 13.4. The predicted molar refractivity (Wildman–Crippen MR) is 164 cm³/mol. The van der Waals surface area contributed by atoms with Crippen molar-refractivity contribution in [3.8, 4) is 11.5 Å². The highest BCUT2D eigenvalue weighted by molar-refractivity contribution is 7.92. The smallest absolute Gasteiger partial charge is 0.264 e. The Labute approximate surface area is 251 Å². The van der Waals surface area contributed by atoms with E-state index in [4.69, 9.17) is 16.3 Å². The maximum Gasteiger partial charge on any atom is 0.264 e. The van der Waals surface area contributed by atoms with E-state index in [1.807, 2.05) is 30.3 Å². The molecule has 0 saturated heterocycles. The van der Waals surface area contributed by atoms with Crippen LogP contribution in [0.3, 0.4) is 0 Å². The minimum absolute atomic E-state index is 0.0213. The molecular weight excluding hydrogens is 574 g/mol. The third-order valence-corrected chi connectivity index (χ3v) is 8.80. The normalized spacial score (nSPS) is 11.8. The fourth-order valence-electron chi connectivity index (χ4n) is 4.45. The number of sulfonamides is 1. The largest absolute Gasteiger partial charge is 0.457 e. The van der Waals surface area contributed by atoms with E-state index in [-0.39, 0.29) is 23.0 Å². The summed E-state index contributed by atoms with van der Waals surface area (Å²) in [7, 11) is -2.68. The lowest BCUT2D eigenvalue weighted by molar-refractivity contribution is -0.140. The van der Waals surface area contributed by atoms with E-state index in [0.29, 0.717) is 28.5 Å². The number of hydrogen-bond acceptors (Lipinski definition) is 5. The summed E-state index contributed by atoms with van der Waals surface area (Å²) in [5.41, 5.74) is 0.896. The lowest BCUT2D eigenvalue weighted by Crippen LogP contribution is -2.51. The van der Waals surface area contributed by atoms with E-state index in [1.54, 1.807) is 73.7 Å². The summed E-state index contributed by atoms with van der Waals surface area (Å²) in [6.07, 6.45) is 0.312. The molecule has 4 aromatic carbocycles. The summed E-state index contributed by atoms with van der Waals surface area (Å²) in [6, 6.07) is 29.7. The Bertz CT molecular complexity index is 1600. The Kier molecular flexibility index (Phi) is 10.2. The molecule has 0 aliphatic carbocycles. The van der Waals surface area contributed by atoms with E-state index in [0.717, 1.165) is 4.31 Å². The van der Waals surface area contributed by atoms with Crippen LogP contribution >= 0.6 is 11.6 Å². The van der Waals surface area contributed by atoms with Gasteiger partial charge in [0.05, 0.1) is 10.6 Å². The average molecular weight is 606 g/mol. The molecule has 4 rings (SSSR count). The monoisotopic (exact) mass is 605 g/mol. The first kappa shape index (κ1) is 30.6. The fraction of sp³-hybridized carbons (Fsp3) is 0.188. The molecule has 1 atom stereocenters. The maximum absolute atomic E-state index is 14.0. The molecule has 42 heavy (non-hydrogen) atoms. The van der Waals surface area contributed by atoms with Gasteiger partial charge in [-0.1, -0.05) is 73.1 Å². The van der Waals surface area contributed by atoms with Crippen molar-refractivity contribution >= 4 is 39.1 Å². The molecule has 0 bridgehead atoms. The molecule has 0 radical (unpaired) electrons. The number of halogens is 1. The van der Waals surface area contributed by atoms with Crippen LogP contribution in [0.2, 0.25) is 5.02 Å². The maximum atomic E-state index is 14.0. The molecule has 0 saturated carbocycles. The predicted octanol–water partition coefficient (Wildman–Crippen LogP) is 5.88. The van der Waals surface area contributed by atoms with Gasteiger partial charge in [-0.15, -0.1) is 0 Å². The van der Waals surface area contributed by atoms with E-state index >= 15 is 0 Å². The third-order valence-electron chi connectivity index (χ3n) is 6.64. The van der Waals surface area contributed by atoms with Gasteiger partial charge in [-0.05, 0) is 66.6 Å². The molecule has 0 fully saturated rings. The Morgan fingerprint density at radius 1 is 0.833 bits per heavy atom. The summed E-state index contributed by atoms with van der Waals surface area (Å²) in [5.74, 6) is 0.204. The van der Waals surface area contributed by atoms with Gasteiger partial charge in [0.25, 0.3) is 10.0 Å². The zero-order valence-electron chi connectivity index (χ0n) is 23.3. The molecule has 1 N–H and O–H groups in total. The van der Waals surface area contributed by atoms with Crippen LogP contribution in [0.4, 0.5) is 5.69 Å². The number of para-hydroxylation sites is 1. The van der Waals surface area contributed by atoms with Crippen molar-refractivity contribution in [2.24, 2.45) is 0 Å². The molecule has 218 valence electrons. The molecule has 0 aliphatic heterocycles. The van der Waals surface area contributed by atoms with Crippen molar-refractivity contribution in [1.82, 2.24) is 10.2 Å². The number of benzene rings is 4.